The number of hydrogen-bond acceptors (Lipinski definition) is 6. The molecule has 1 unspecified atom stereocenters. The number of thioether (sulfide) groups is 1. The van der Waals surface area contributed by atoms with Crippen molar-refractivity contribution in [3.05, 3.63) is 83.4 Å². The van der Waals surface area contributed by atoms with E-state index in [2.05, 4.69) is 5.32 Å². The molecule has 0 aliphatic heterocycles. The monoisotopic (exact) mass is 491 g/mol. The number of methoxy groups -OCH3 is 1. The number of amides is 2. The highest BCUT2D eigenvalue weighted by molar-refractivity contribution is 8.00. The molecule has 0 spiro atoms. The number of ether oxygens (including phenoxy) is 1. The summed E-state index contributed by atoms with van der Waals surface area (Å²) in [5, 5.41) is 3.76. The van der Waals surface area contributed by atoms with E-state index in [9.17, 15) is 9.59 Å². The molecule has 8 heteroatoms. The molecule has 174 valence electrons. The minimum atomic E-state index is -0.181. The van der Waals surface area contributed by atoms with Crippen molar-refractivity contribution in [2.45, 2.75) is 17.9 Å². The molecule has 1 N–H and O–H groups in total. The van der Waals surface area contributed by atoms with E-state index in [4.69, 9.17) is 9.72 Å². The predicted molar refractivity (Wildman–Crippen MR) is 139 cm³/mol. The first kappa shape index (κ1) is 23.8. The molecule has 1 atom stereocenters. The van der Waals surface area contributed by atoms with Crippen LogP contribution in [0.4, 0.5) is 5.69 Å². The Kier molecular flexibility index (Phi) is 7.49. The third-order valence-corrected chi connectivity index (χ3v) is 7.68. The van der Waals surface area contributed by atoms with Crippen molar-refractivity contribution in [3.63, 3.8) is 0 Å². The zero-order valence-electron chi connectivity index (χ0n) is 19.1. The minimum Gasteiger partial charge on any atom is -0.497 e. The van der Waals surface area contributed by atoms with Gasteiger partial charge in [0.05, 0.1) is 34.7 Å². The molecule has 0 aliphatic carbocycles. The third-order valence-electron chi connectivity index (χ3n) is 5.40. The van der Waals surface area contributed by atoms with Gasteiger partial charge in [0.25, 0.3) is 5.91 Å². The summed E-state index contributed by atoms with van der Waals surface area (Å²) in [4.78, 5) is 33.0. The quantitative estimate of drug-likeness (QED) is 0.312. The van der Waals surface area contributed by atoms with Gasteiger partial charge in [-0.05, 0) is 43.3 Å². The van der Waals surface area contributed by atoms with E-state index in [1.54, 1.807) is 48.6 Å². The number of nitrogens with zero attached hydrogens (tertiary/aromatic N) is 2. The Bertz CT molecular complexity index is 1290. The number of carbonyl (C=O) groups is 2. The molecular weight excluding hydrogens is 466 g/mol. The molecule has 0 bridgehead atoms. The van der Waals surface area contributed by atoms with Gasteiger partial charge in [-0.3, -0.25) is 9.59 Å². The minimum absolute atomic E-state index is 0.108. The SMILES string of the molecule is COc1cccc(NC(=O)CSc2ccccc2C(=O)N(C)C(C)c2nc3ccccc3s2)c1. The van der Waals surface area contributed by atoms with Gasteiger partial charge in [-0.2, -0.15) is 0 Å². The number of nitrogens with one attached hydrogen (secondary N) is 1. The molecule has 34 heavy (non-hydrogen) atoms. The van der Waals surface area contributed by atoms with Gasteiger partial charge in [-0.15, -0.1) is 23.1 Å². The first-order valence-electron chi connectivity index (χ1n) is 10.7. The maximum absolute atomic E-state index is 13.4. The fraction of sp³-hybridized carbons (Fsp3) is 0.192. The molecule has 0 saturated carbocycles. The Balaban J connectivity index is 1.44. The van der Waals surface area contributed by atoms with Crippen LogP contribution in [0.2, 0.25) is 0 Å². The van der Waals surface area contributed by atoms with Crippen LogP contribution in [0, 0.1) is 0 Å². The number of anilines is 1. The molecule has 0 radical (unpaired) electrons. The van der Waals surface area contributed by atoms with E-state index in [0.717, 1.165) is 20.1 Å². The van der Waals surface area contributed by atoms with Gasteiger partial charge in [0.15, 0.2) is 0 Å². The number of thiazole rings is 1. The maximum atomic E-state index is 13.4. The Labute approximate surface area is 207 Å². The lowest BCUT2D eigenvalue weighted by Crippen LogP contribution is -2.30. The maximum Gasteiger partial charge on any atom is 0.255 e. The van der Waals surface area contributed by atoms with Crippen LogP contribution in [0.3, 0.4) is 0 Å². The number of fused-ring (bicyclic) bond motifs is 1. The smallest absolute Gasteiger partial charge is 0.255 e. The number of aromatic nitrogens is 1. The van der Waals surface area contributed by atoms with E-state index >= 15 is 0 Å². The normalized spacial score (nSPS) is 11.7. The largest absolute Gasteiger partial charge is 0.497 e. The summed E-state index contributed by atoms with van der Waals surface area (Å²) in [5.74, 6) is 0.588. The van der Waals surface area contributed by atoms with Gasteiger partial charge in [-0.1, -0.05) is 30.3 Å². The van der Waals surface area contributed by atoms with Gasteiger partial charge in [0.2, 0.25) is 5.91 Å². The van der Waals surface area contributed by atoms with Gasteiger partial charge >= 0.3 is 0 Å². The Morgan fingerprint density at radius 1 is 1.09 bits per heavy atom. The number of rotatable bonds is 8. The molecule has 2 amide bonds. The van der Waals surface area contributed by atoms with Crippen LogP contribution in [0.25, 0.3) is 10.2 Å². The second-order valence-electron chi connectivity index (χ2n) is 7.68. The number of para-hydroxylation sites is 1. The molecule has 3 aromatic carbocycles. The van der Waals surface area contributed by atoms with Crippen LogP contribution in [0.15, 0.2) is 77.7 Å². The van der Waals surface area contributed by atoms with Crippen molar-refractivity contribution in [3.8, 4) is 5.75 Å². The van der Waals surface area contributed by atoms with Crippen LogP contribution in [0.5, 0.6) is 5.75 Å². The highest BCUT2D eigenvalue weighted by atomic mass is 32.2. The molecule has 0 aliphatic rings. The standard InChI is InChI=1S/C26H25N3O3S2/c1-17(25-28-21-12-5-7-14-23(21)34-25)29(2)26(31)20-11-4-6-13-22(20)33-16-24(30)27-18-9-8-10-19(15-18)32-3/h4-15,17H,16H2,1-3H3,(H,27,30). The summed E-state index contributed by atoms with van der Waals surface area (Å²) >= 11 is 2.93. The number of hydrogen-bond donors (Lipinski definition) is 1. The highest BCUT2D eigenvalue weighted by Crippen LogP contribution is 2.31. The van der Waals surface area contributed by atoms with E-state index in [0.29, 0.717) is 17.0 Å². The molecule has 0 fully saturated rings. The Morgan fingerprint density at radius 2 is 1.85 bits per heavy atom. The molecular formula is C26H25N3O3S2. The summed E-state index contributed by atoms with van der Waals surface area (Å²) in [6, 6.07) is 22.4. The number of benzene rings is 3. The van der Waals surface area contributed by atoms with Crippen LogP contribution in [-0.4, -0.2) is 41.6 Å². The molecule has 1 aromatic heterocycles. The summed E-state index contributed by atoms with van der Waals surface area (Å²) in [6.45, 7) is 1.98. The third kappa shape index (κ3) is 5.40. The fourth-order valence-corrected chi connectivity index (χ4v) is 5.32. The van der Waals surface area contributed by atoms with Crippen molar-refractivity contribution in [1.29, 1.82) is 0 Å². The van der Waals surface area contributed by atoms with Crippen LogP contribution in [0.1, 0.15) is 28.3 Å². The lowest BCUT2D eigenvalue weighted by Gasteiger charge is -2.24. The molecule has 0 saturated heterocycles. The molecule has 4 aromatic rings. The summed E-state index contributed by atoms with van der Waals surface area (Å²) in [5.41, 5.74) is 2.17. The average Bonchev–Trinajstić information content (AvgIpc) is 3.31. The molecule has 1 heterocycles. The Morgan fingerprint density at radius 3 is 2.65 bits per heavy atom. The molecule has 4 rings (SSSR count). The van der Waals surface area contributed by atoms with Gasteiger partial charge < -0.3 is 15.0 Å². The number of carbonyl (C=O) groups excluding carboxylic acids is 2. The van der Waals surface area contributed by atoms with Gasteiger partial charge in [-0.25, -0.2) is 4.98 Å². The Hall–Kier alpha value is -3.36. The predicted octanol–water partition coefficient (Wildman–Crippen LogP) is 5.87. The first-order chi connectivity index (χ1) is 16.5. The first-order valence-corrected chi connectivity index (χ1v) is 12.5. The lowest BCUT2D eigenvalue weighted by molar-refractivity contribution is -0.113. The summed E-state index contributed by atoms with van der Waals surface area (Å²) in [7, 11) is 3.37. The van der Waals surface area contributed by atoms with Crippen molar-refractivity contribution < 1.29 is 14.3 Å². The fourth-order valence-electron chi connectivity index (χ4n) is 3.41. The average molecular weight is 492 g/mol. The zero-order chi connectivity index (χ0) is 24.1. The second-order valence-corrected chi connectivity index (χ2v) is 9.76. The van der Waals surface area contributed by atoms with Crippen molar-refractivity contribution in [1.82, 2.24) is 9.88 Å². The van der Waals surface area contributed by atoms with Gasteiger partial charge in [0, 0.05) is 23.7 Å². The van der Waals surface area contributed by atoms with E-state index in [1.165, 1.54) is 11.8 Å². The van der Waals surface area contributed by atoms with Crippen LogP contribution in [-0.2, 0) is 4.79 Å². The van der Waals surface area contributed by atoms with Crippen molar-refractivity contribution in [2.24, 2.45) is 0 Å². The van der Waals surface area contributed by atoms with Crippen molar-refractivity contribution in [2.75, 3.05) is 25.2 Å². The van der Waals surface area contributed by atoms with E-state index in [-0.39, 0.29) is 23.6 Å². The van der Waals surface area contributed by atoms with Crippen molar-refractivity contribution >= 4 is 50.8 Å². The zero-order valence-corrected chi connectivity index (χ0v) is 20.8. The van der Waals surface area contributed by atoms with Crippen LogP contribution < -0.4 is 10.1 Å². The van der Waals surface area contributed by atoms with Crippen LogP contribution >= 0.6 is 23.1 Å². The second kappa shape index (κ2) is 10.7. The van der Waals surface area contributed by atoms with E-state index in [1.807, 2.05) is 61.5 Å². The topological polar surface area (TPSA) is 71.5 Å². The summed E-state index contributed by atoms with van der Waals surface area (Å²) < 4.78 is 6.30. The van der Waals surface area contributed by atoms with Gasteiger partial charge in [0.1, 0.15) is 10.8 Å². The van der Waals surface area contributed by atoms with E-state index < -0.39 is 0 Å². The summed E-state index contributed by atoms with van der Waals surface area (Å²) in [6.07, 6.45) is 0. The lowest BCUT2D eigenvalue weighted by atomic mass is 10.2. The molecule has 6 nitrogen and oxygen atoms in total. The highest BCUT2D eigenvalue weighted by Gasteiger charge is 2.24.